The van der Waals surface area contributed by atoms with Gasteiger partial charge in [0.25, 0.3) is 0 Å². The number of nitrogens with one attached hydrogen (secondary N) is 1. The molecule has 4 heteroatoms. The number of benzene rings is 1. The van der Waals surface area contributed by atoms with E-state index in [0.29, 0.717) is 19.1 Å². The highest BCUT2D eigenvalue weighted by Crippen LogP contribution is 2.03. The molecule has 0 saturated carbocycles. The van der Waals surface area contributed by atoms with Crippen LogP contribution in [0.1, 0.15) is 12.0 Å². The smallest absolute Gasteiger partial charge is 0.405 e. The first kappa shape index (κ1) is 11.2. The van der Waals surface area contributed by atoms with Gasteiger partial charge >= 0.3 is 6.09 Å². The van der Waals surface area contributed by atoms with Gasteiger partial charge in [0, 0.05) is 0 Å². The van der Waals surface area contributed by atoms with Crippen LogP contribution in [0.4, 0.5) is 4.79 Å². The van der Waals surface area contributed by atoms with Crippen molar-refractivity contribution in [3.63, 3.8) is 0 Å². The van der Waals surface area contributed by atoms with E-state index in [4.69, 9.17) is 5.11 Å². The van der Waals surface area contributed by atoms with Gasteiger partial charge < -0.3 is 15.2 Å². The normalized spacial score (nSPS) is 11.7. The predicted molar refractivity (Wildman–Crippen MR) is 55.8 cm³/mol. The van der Waals surface area contributed by atoms with Crippen LogP contribution in [-0.4, -0.2) is 23.5 Å². The molecule has 1 amide bonds. The molecule has 0 aliphatic carbocycles. The number of hydrogen-bond acceptors (Lipinski definition) is 2. The second kappa shape index (κ2) is 5.80. The predicted octanol–water partition coefficient (Wildman–Crippen LogP) is 1.45. The lowest BCUT2D eigenvalue weighted by atomic mass is 10.1. The van der Waals surface area contributed by atoms with Crippen molar-refractivity contribution in [2.24, 2.45) is 0 Å². The van der Waals surface area contributed by atoms with Gasteiger partial charge in [-0.1, -0.05) is 30.3 Å². The van der Waals surface area contributed by atoms with E-state index in [9.17, 15) is 9.59 Å². The van der Waals surface area contributed by atoms with Gasteiger partial charge in [0.05, 0.1) is 6.04 Å². The van der Waals surface area contributed by atoms with Crippen LogP contribution < -0.4 is 5.32 Å². The maximum Gasteiger partial charge on any atom is 0.405 e. The quantitative estimate of drug-likeness (QED) is 0.718. The van der Waals surface area contributed by atoms with E-state index in [1.165, 1.54) is 0 Å². The molecular formula is C11H13NO3. The Kier molecular flexibility index (Phi) is 4.34. The molecule has 0 aliphatic rings. The Bertz CT molecular complexity index is 324. The van der Waals surface area contributed by atoms with Gasteiger partial charge in [0.1, 0.15) is 6.29 Å². The molecule has 15 heavy (non-hydrogen) atoms. The van der Waals surface area contributed by atoms with E-state index < -0.39 is 12.1 Å². The standard InChI is InChI=1S/C11H13NO3/c13-8-10(12-11(14)15)7-6-9-4-2-1-3-5-9/h1-5,8,10,12H,6-7H2,(H,14,15). The summed E-state index contributed by atoms with van der Waals surface area (Å²) >= 11 is 0. The third-order valence-corrected chi connectivity index (χ3v) is 2.06. The third-order valence-electron chi connectivity index (χ3n) is 2.06. The zero-order valence-electron chi connectivity index (χ0n) is 8.22. The molecule has 1 atom stereocenters. The van der Waals surface area contributed by atoms with Crippen LogP contribution >= 0.6 is 0 Å². The van der Waals surface area contributed by atoms with Gasteiger partial charge in [-0.2, -0.15) is 0 Å². The second-order valence-electron chi connectivity index (χ2n) is 3.22. The van der Waals surface area contributed by atoms with Gasteiger partial charge in [-0.25, -0.2) is 4.79 Å². The first-order chi connectivity index (χ1) is 7.22. The van der Waals surface area contributed by atoms with Crippen molar-refractivity contribution in [2.45, 2.75) is 18.9 Å². The van der Waals surface area contributed by atoms with E-state index >= 15 is 0 Å². The number of carbonyl (C=O) groups excluding carboxylic acids is 1. The van der Waals surface area contributed by atoms with Crippen LogP contribution in [0.5, 0.6) is 0 Å². The van der Waals surface area contributed by atoms with E-state index in [1.807, 2.05) is 30.3 Å². The molecule has 0 aromatic heterocycles. The molecule has 0 heterocycles. The number of amides is 1. The van der Waals surface area contributed by atoms with Crippen molar-refractivity contribution >= 4 is 12.4 Å². The van der Waals surface area contributed by atoms with Crippen LogP contribution in [0.2, 0.25) is 0 Å². The zero-order valence-corrected chi connectivity index (χ0v) is 8.22. The van der Waals surface area contributed by atoms with Gasteiger partial charge in [0.2, 0.25) is 0 Å². The first-order valence-electron chi connectivity index (χ1n) is 4.71. The SMILES string of the molecule is O=CC(CCc1ccccc1)NC(=O)O. The molecule has 0 bridgehead atoms. The summed E-state index contributed by atoms with van der Waals surface area (Å²) in [4.78, 5) is 20.8. The Balaban J connectivity index is 2.41. The Morgan fingerprint density at radius 3 is 2.60 bits per heavy atom. The summed E-state index contributed by atoms with van der Waals surface area (Å²) in [6, 6.07) is 9.01. The fourth-order valence-corrected chi connectivity index (χ4v) is 1.30. The lowest BCUT2D eigenvalue weighted by Crippen LogP contribution is -2.35. The summed E-state index contributed by atoms with van der Waals surface area (Å²) in [7, 11) is 0. The zero-order chi connectivity index (χ0) is 11.1. The molecule has 2 N–H and O–H groups in total. The average molecular weight is 207 g/mol. The molecule has 4 nitrogen and oxygen atoms in total. The fraction of sp³-hybridized carbons (Fsp3) is 0.273. The van der Waals surface area contributed by atoms with E-state index in [0.717, 1.165) is 5.56 Å². The molecule has 0 radical (unpaired) electrons. The molecule has 1 rings (SSSR count). The maximum absolute atomic E-state index is 10.5. The van der Waals surface area contributed by atoms with Crippen molar-refractivity contribution in [3.05, 3.63) is 35.9 Å². The lowest BCUT2D eigenvalue weighted by molar-refractivity contribution is -0.109. The Morgan fingerprint density at radius 2 is 2.07 bits per heavy atom. The largest absolute Gasteiger partial charge is 0.465 e. The van der Waals surface area contributed by atoms with Crippen molar-refractivity contribution in [3.8, 4) is 0 Å². The highest BCUT2D eigenvalue weighted by molar-refractivity contribution is 5.71. The van der Waals surface area contributed by atoms with Crippen LogP contribution in [0.15, 0.2) is 30.3 Å². The number of aldehydes is 1. The number of carbonyl (C=O) groups is 2. The lowest BCUT2D eigenvalue weighted by Gasteiger charge is -2.09. The number of hydrogen-bond donors (Lipinski definition) is 2. The van der Waals surface area contributed by atoms with Crippen LogP contribution in [0, 0.1) is 0 Å². The van der Waals surface area contributed by atoms with Crippen LogP contribution in [0.25, 0.3) is 0 Å². The molecule has 80 valence electrons. The molecule has 0 spiro atoms. The van der Waals surface area contributed by atoms with Crippen molar-refractivity contribution < 1.29 is 14.7 Å². The molecular weight excluding hydrogens is 194 g/mol. The second-order valence-corrected chi connectivity index (χ2v) is 3.22. The summed E-state index contributed by atoms with van der Waals surface area (Å²) in [6.45, 7) is 0. The maximum atomic E-state index is 10.5. The van der Waals surface area contributed by atoms with Crippen molar-refractivity contribution in [1.82, 2.24) is 5.32 Å². The molecule has 1 unspecified atom stereocenters. The highest BCUT2D eigenvalue weighted by atomic mass is 16.4. The minimum absolute atomic E-state index is 0.486. The van der Waals surface area contributed by atoms with E-state index in [1.54, 1.807) is 0 Å². The van der Waals surface area contributed by atoms with Gasteiger partial charge in [-0.05, 0) is 18.4 Å². The van der Waals surface area contributed by atoms with Gasteiger partial charge in [-0.3, -0.25) is 0 Å². The molecule has 0 fully saturated rings. The number of rotatable bonds is 5. The minimum atomic E-state index is -1.17. The molecule has 1 aromatic rings. The summed E-state index contributed by atoms with van der Waals surface area (Å²) < 4.78 is 0. The monoisotopic (exact) mass is 207 g/mol. The van der Waals surface area contributed by atoms with Crippen molar-refractivity contribution in [1.29, 1.82) is 0 Å². The number of carboxylic acid groups (broad SMARTS) is 1. The first-order valence-corrected chi connectivity index (χ1v) is 4.71. The van der Waals surface area contributed by atoms with E-state index in [-0.39, 0.29) is 0 Å². The highest BCUT2D eigenvalue weighted by Gasteiger charge is 2.09. The average Bonchev–Trinajstić information content (AvgIpc) is 2.25. The summed E-state index contributed by atoms with van der Waals surface area (Å²) in [5.41, 5.74) is 1.09. The Morgan fingerprint density at radius 1 is 1.40 bits per heavy atom. The van der Waals surface area contributed by atoms with Crippen molar-refractivity contribution in [2.75, 3.05) is 0 Å². The Labute approximate surface area is 87.9 Å². The molecule has 0 saturated heterocycles. The molecule has 1 aromatic carbocycles. The third kappa shape index (κ3) is 4.26. The van der Waals surface area contributed by atoms with Crippen LogP contribution in [-0.2, 0) is 11.2 Å². The molecule has 0 aliphatic heterocycles. The summed E-state index contributed by atoms with van der Waals surface area (Å²) in [5, 5.41) is 10.6. The fourth-order valence-electron chi connectivity index (χ4n) is 1.30. The van der Waals surface area contributed by atoms with E-state index in [2.05, 4.69) is 5.32 Å². The van der Waals surface area contributed by atoms with Crippen LogP contribution in [0.3, 0.4) is 0 Å². The summed E-state index contributed by atoms with van der Waals surface area (Å²) in [6.07, 6.45) is 0.627. The number of aryl methyl sites for hydroxylation is 1. The summed E-state index contributed by atoms with van der Waals surface area (Å²) in [5.74, 6) is 0. The minimum Gasteiger partial charge on any atom is -0.465 e. The Hall–Kier alpha value is -1.84. The topological polar surface area (TPSA) is 66.4 Å². The van der Waals surface area contributed by atoms with Gasteiger partial charge in [0.15, 0.2) is 0 Å². The van der Waals surface area contributed by atoms with Gasteiger partial charge in [-0.15, -0.1) is 0 Å².